The molecule has 1 aliphatic rings. The predicted molar refractivity (Wildman–Crippen MR) is 79.1 cm³/mol. The van der Waals surface area contributed by atoms with Gasteiger partial charge < -0.3 is 20.3 Å². The highest BCUT2D eigenvalue weighted by Crippen LogP contribution is 2.25. The van der Waals surface area contributed by atoms with Crippen molar-refractivity contribution in [2.45, 2.75) is 12.8 Å². The van der Waals surface area contributed by atoms with E-state index in [-0.39, 0.29) is 12.5 Å². The normalized spacial score (nSPS) is 14.6. The van der Waals surface area contributed by atoms with Crippen LogP contribution in [0, 0.1) is 0 Å². The van der Waals surface area contributed by atoms with Crippen LogP contribution in [0.5, 0.6) is 0 Å². The minimum absolute atomic E-state index is 0.0606. The molecule has 1 fully saturated rings. The van der Waals surface area contributed by atoms with Crippen LogP contribution < -0.4 is 15.5 Å². The lowest BCUT2D eigenvalue weighted by Crippen LogP contribution is -2.31. The van der Waals surface area contributed by atoms with Crippen LogP contribution in [0.25, 0.3) is 0 Å². The Bertz CT molecular complexity index is 433. The first kappa shape index (κ1) is 14.7. The number of methoxy groups -OCH3 is 1. The van der Waals surface area contributed by atoms with Gasteiger partial charge >= 0.3 is 0 Å². The van der Waals surface area contributed by atoms with Crippen LogP contribution >= 0.6 is 0 Å². The van der Waals surface area contributed by atoms with Crippen molar-refractivity contribution in [2.24, 2.45) is 0 Å². The molecule has 0 aliphatic carbocycles. The van der Waals surface area contributed by atoms with Crippen molar-refractivity contribution in [3.8, 4) is 0 Å². The standard InChI is InChI=1S/C14H22N4O2/c1-20-10-7-15-11-13(19)17-12-5-4-6-16-14(12)18-8-2-3-9-18/h4-6,15H,2-3,7-11H2,1H3,(H,17,19). The molecule has 1 amide bonds. The fourth-order valence-corrected chi connectivity index (χ4v) is 2.25. The lowest BCUT2D eigenvalue weighted by Gasteiger charge is -2.20. The number of rotatable bonds is 7. The molecule has 0 atom stereocenters. The zero-order chi connectivity index (χ0) is 14.2. The number of amides is 1. The van der Waals surface area contributed by atoms with Gasteiger partial charge in [0.25, 0.3) is 0 Å². The molecular formula is C14H22N4O2. The number of hydrogen-bond acceptors (Lipinski definition) is 5. The van der Waals surface area contributed by atoms with E-state index in [2.05, 4.69) is 20.5 Å². The summed E-state index contributed by atoms with van der Waals surface area (Å²) >= 11 is 0. The second-order valence-corrected chi connectivity index (χ2v) is 4.79. The van der Waals surface area contributed by atoms with E-state index in [0.29, 0.717) is 13.2 Å². The summed E-state index contributed by atoms with van der Waals surface area (Å²) in [5.74, 6) is 0.810. The van der Waals surface area contributed by atoms with Crippen LogP contribution in [0.2, 0.25) is 0 Å². The average Bonchev–Trinajstić information content (AvgIpc) is 2.98. The van der Waals surface area contributed by atoms with Gasteiger partial charge in [0, 0.05) is 32.9 Å². The first-order chi connectivity index (χ1) is 9.81. The molecule has 2 heterocycles. The number of carbonyl (C=O) groups excluding carboxylic acids is 1. The molecule has 6 heteroatoms. The second kappa shape index (κ2) is 7.81. The topological polar surface area (TPSA) is 66.5 Å². The van der Waals surface area contributed by atoms with Gasteiger partial charge in [0.15, 0.2) is 5.82 Å². The number of anilines is 2. The van der Waals surface area contributed by atoms with E-state index >= 15 is 0 Å². The maximum atomic E-state index is 11.9. The maximum absolute atomic E-state index is 11.9. The summed E-state index contributed by atoms with van der Waals surface area (Å²) < 4.78 is 4.92. The van der Waals surface area contributed by atoms with Crippen molar-refractivity contribution in [2.75, 3.05) is 50.1 Å². The largest absolute Gasteiger partial charge is 0.383 e. The number of aromatic nitrogens is 1. The molecule has 0 saturated carbocycles. The number of nitrogens with one attached hydrogen (secondary N) is 2. The van der Waals surface area contributed by atoms with Crippen molar-refractivity contribution in [1.29, 1.82) is 0 Å². The zero-order valence-electron chi connectivity index (χ0n) is 11.9. The molecule has 0 bridgehead atoms. The number of nitrogens with zero attached hydrogens (tertiary/aromatic N) is 2. The average molecular weight is 278 g/mol. The molecule has 110 valence electrons. The first-order valence-corrected chi connectivity index (χ1v) is 7.00. The van der Waals surface area contributed by atoms with Crippen molar-refractivity contribution in [3.05, 3.63) is 18.3 Å². The van der Waals surface area contributed by atoms with Crippen LogP contribution in [0.3, 0.4) is 0 Å². The van der Waals surface area contributed by atoms with Gasteiger partial charge in [-0.05, 0) is 25.0 Å². The van der Waals surface area contributed by atoms with E-state index in [1.165, 1.54) is 12.8 Å². The third-order valence-corrected chi connectivity index (χ3v) is 3.23. The van der Waals surface area contributed by atoms with Crippen LogP contribution in [0.15, 0.2) is 18.3 Å². The van der Waals surface area contributed by atoms with Crippen LogP contribution in [-0.2, 0) is 9.53 Å². The quantitative estimate of drug-likeness (QED) is 0.724. The Morgan fingerprint density at radius 1 is 1.45 bits per heavy atom. The summed E-state index contributed by atoms with van der Waals surface area (Å²) in [5.41, 5.74) is 0.785. The summed E-state index contributed by atoms with van der Waals surface area (Å²) in [5, 5.41) is 5.94. The van der Waals surface area contributed by atoms with E-state index in [1.807, 2.05) is 12.1 Å². The van der Waals surface area contributed by atoms with Gasteiger partial charge in [0.2, 0.25) is 5.91 Å². The molecule has 1 aromatic heterocycles. The zero-order valence-corrected chi connectivity index (χ0v) is 11.9. The second-order valence-electron chi connectivity index (χ2n) is 4.79. The molecule has 6 nitrogen and oxygen atoms in total. The van der Waals surface area contributed by atoms with E-state index in [9.17, 15) is 4.79 Å². The number of carbonyl (C=O) groups is 1. The SMILES string of the molecule is COCCNCC(=O)Nc1cccnc1N1CCCC1. The monoisotopic (exact) mass is 278 g/mol. The molecule has 0 radical (unpaired) electrons. The Hall–Kier alpha value is -1.66. The molecule has 1 aliphatic heterocycles. The Morgan fingerprint density at radius 2 is 2.25 bits per heavy atom. The summed E-state index contributed by atoms with van der Waals surface area (Å²) in [7, 11) is 1.64. The van der Waals surface area contributed by atoms with Crippen molar-refractivity contribution in [1.82, 2.24) is 10.3 Å². The smallest absolute Gasteiger partial charge is 0.238 e. The van der Waals surface area contributed by atoms with Crippen molar-refractivity contribution < 1.29 is 9.53 Å². The van der Waals surface area contributed by atoms with Gasteiger partial charge in [-0.15, -0.1) is 0 Å². The van der Waals surface area contributed by atoms with E-state index in [4.69, 9.17) is 4.74 Å². The summed E-state index contributed by atoms with van der Waals surface area (Å²) in [4.78, 5) is 18.5. The fraction of sp³-hybridized carbons (Fsp3) is 0.571. The van der Waals surface area contributed by atoms with Crippen molar-refractivity contribution in [3.63, 3.8) is 0 Å². The van der Waals surface area contributed by atoms with Crippen molar-refractivity contribution >= 4 is 17.4 Å². The summed E-state index contributed by atoms with van der Waals surface area (Å²) in [6.07, 6.45) is 4.13. The minimum atomic E-state index is -0.0606. The molecule has 20 heavy (non-hydrogen) atoms. The Kier molecular flexibility index (Phi) is 5.76. The first-order valence-electron chi connectivity index (χ1n) is 7.00. The number of ether oxygens (including phenoxy) is 1. The molecule has 2 N–H and O–H groups in total. The number of hydrogen-bond donors (Lipinski definition) is 2. The van der Waals surface area contributed by atoms with Gasteiger partial charge in [-0.25, -0.2) is 4.98 Å². The molecule has 1 saturated heterocycles. The Balaban J connectivity index is 1.89. The summed E-state index contributed by atoms with van der Waals surface area (Å²) in [6, 6.07) is 3.74. The molecule has 1 aromatic rings. The minimum Gasteiger partial charge on any atom is -0.383 e. The van der Waals surface area contributed by atoms with E-state index in [0.717, 1.165) is 24.6 Å². The van der Waals surface area contributed by atoms with Gasteiger partial charge in [-0.1, -0.05) is 0 Å². The highest BCUT2D eigenvalue weighted by atomic mass is 16.5. The molecule has 2 rings (SSSR count). The van der Waals surface area contributed by atoms with E-state index < -0.39 is 0 Å². The number of pyridine rings is 1. The van der Waals surface area contributed by atoms with Crippen LogP contribution in [-0.4, -0.2) is 50.8 Å². The maximum Gasteiger partial charge on any atom is 0.238 e. The molecule has 0 spiro atoms. The van der Waals surface area contributed by atoms with E-state index in [1.54, 1.807) is 13.3 Å². The highest BCUT2D eigenvalue weighted by molar-refractivity contribution is 5.94. The van der Waals surface area contributed by atoms with Crippen LogP contribution in [0.1, 0.15) is 12.8 Å². The van der Waals surface area contributed by atoms with Gasteiger partial charge in [-0.3, -0.25) is 4.79 Å². The summed E-state index contributed by atoms with van der Waals surface area (Å²) in [6.45, 7) is 3.55. The highest BCUT2D eigenvalue weighted by Gasteiger charge is 2.17. The molecule has 0 unspecified atom stereocenters. The molecule has 0 aromatic carbocycles. The van der Waals surface area contributed by atoms with Gasteiger partial charge in [0.1, 0.15) is 0 Å². The lowest BCUT2D eigenvalue weighted by atomic mass is 10.3. The predicted octanol–water partition coefficient (Wildman–Crippen LogP) is 0.856. The van der Waals surface area contributed by atoms with Gasteiger partial charge in [0.05, 0.1) is 18.8 Å². The van der Waals surface area contributed by atoms with Gasteiger partial charge in [-0.2, -0.15) is 0 Å². The lowest BCUT2D eigenvalue weighted by molar-refractivity contribution is -0.115. The fourth-order valence-electron chi connectivity index (χ4n) is 2.25. The third kappa shape index (κ3) is 4.18. The Morgan fingerprint density at radius 3 is 3.00 bits per heavy atom. The Labute approximate surface area is 119 Å². The molecular weight excluding hydrogens is 256 g/mol. The third-order valence-electron chi connectivity index (χ3n) is 3.23. The van der Waals surface area contributed by atoms with Crippen LogP contribution in [0.4, 0.5) is 11.5 Å².